The maximum atomic E-state index is 13.2. The number of rotatable bonds is 6. The lowest BCUT2D eigenvalue weighted by molar-refractivity contribution is 0.497. The Hall–Kier alpha value is -1.24. The fraction of sp³-hybridized carbons (Fsp3) is 0.455. The van der Waals surface area contributed by atoms with Gasteiger partial charge in [-0.1, -0.05) is 6.92 Å². The monoisotopic (exact) mass is 281 g/mol. The van der Waals surface area contributed by atoms with Crippen molar-refractivity contribution >= 4 is 15.5 Å². The van der Waals surface area contributed by atoms with Crippen molar-refractivity contribution in [2.75, 3.05) is 23.4 Å². The molecule has 1 N–H and O–H groups in total. The summed E-state index contributed by atoms with van der Waals surface area (Å²) in [4.78, 5) is 0. The van der Waals surface area contributed by atoms with Crippen LogP contribution in [0.2, 0.25) is 0 Å². The Morgan fingerprint density at radius 1 is 1.22 bits per heavy atom. The summed E-state index contributed by atoms with van der Waals surface area (Å²) < 4.78 is 61.2. The normalized spacial score (nSPS) is 11.6. The number of hydrogen-bond donors (Lipinski definition) is 1. The standard InChI is InChI=1S/C11H14F3NO2S/c1-2-18(16,17)5-3-4-15-10-7-8(12)6-9(13)11(10)14/h6-7,15H,2-5H2,1H3. The molecule has 0 amide bonds. The highest BCUT2D eigenvalue weighted by molar-refractivity contribution is 7.91. The van der Waals surface area contributed by atoms with Crippen molar-refractivity contribution in [3.63, 3.8) is 0 Å². The van der Waals surface area contributed by atoms with Crippen molar-refractivity contribution in [1.29, 1.82) is 0 Å². The van der Waals surface area contributed by atoms with E-state index in [-0.39, 0.29) is 30.2 Å². The number of benzene rings is 1. The molecule has 0 aliphatic carbocycles. The lowest BCUT2D eigenvalue weighted by Gasteiger charge is -2.08. The first-order valence-corrected chi connectivity index (χ1v) is 7.26. The highest BCUT2D eigenvalue weighted by Crippen LogP contribution is 2.18. The lowest BCUT2D eigenvalue weighted by Crippen LogP contribution is -2.13. The molecule has 18 heavy (non-hydrogen) atoms. The Bertz CT molecular complexity index is 517. The van der Waals surface area contributed by atoms with Crippen LogP contribution in [-0.4, -0.2) is 26.5 Å². The Labute approximate surface area is 104 Å². The van der Waals surface area contributed by atoms with E-state index in [1.807, 2.05) is 0 Å². The van der Waals surface area contributed by atoms with E-state index in [0.717, 1.165) is 6.07 Å². The molecule has 1 rings (SSSR count). The summed E-state index contributed by atoms with van der Waals surface area (Å²) >= 11 is 0. The molecule has 0 aromatic heterocycles. The number of sulfone groups is 1. The first kappa shape index (κ1) is 14.8. The van der Waals surface area contributed by atoms with Gasteiger partial charge in [-0.2, -0.15) is 0 Å². The van der Waals surface area contributed by atoms with E-state index in [4.69, 9.17) is 0 Å². The van der Waals surface area contributed by atoms with Crippen molar-refractivity contribution in [2.45, 2.75) is 13.3 Å². The zero-order valence-electron chi connectivity index (χ0n) is 9.84. The molecule has 0 atom stereocenters. The summed E-state index contributed by atoms with van der Waals surface area (Å²) in [7, 11) is -3.08. The molecule has 0 fully saturated rings. The Balaban J connectivity index is 2.55. The van der Waals surface area contributed by atoms with Crippen LogP contribution in [0.1, 0.15) is 13.3 Å². The average Bonchev–Trinajstić information content (AvgIpc) is 2.30. The minimum absolute atomic E-state index is 0.0377. The van der Waals surface area contributed by atoms with Gasteiger partial charge in [0, 0.05) is 24.4 Å². The zero-order valence-corrected chi connectivity index (χ0v) is 10.7. The van der Waals surface area contributed by atoms with Crippen molar-refractivity contribution in [3.05, 3.63) is 29.6 Å². The number of halogens is 3. The van der Waals surface area contributed by atoms with Crippen molar-refractivity contribution in [1.82, 2.24) is 0 Å². The molecule has 102 valence electrons. The summed E-state index contributed by atoms with van der Waals surface area (Å²) in [5.41, 5.74) is -0.304. The van der Waals surface area contributed by atoms with Gasteiger partial charge in [-0.05, 0) is 6.42 Å². The third kappa shape index (κ3) is 4.21. The molecule has 0 saturated carbocycles. The largest absolute Gasteiger partial charge is 0.382 e. The Kier molecular flexibility index (Phi) is 5.01. The fourth-order valence-corrected chi connectivity index (χ4v) is 2.22. The molecule has 0 radical (unpaired) electrons. The summed E-state index contributed by atoms with van der Waals surface area (Å²) in [6.07, 6.45) is 0.244. The minimum atomic E-state index is -3.08. The first-order chi connectivity index (χ1) is 8.35. The molecule has 0 aliphatic rings. The van der Waals surface area contributed by atoms with Crippen LogP contribution in [0.3, 0.4) is 0 Å². The maximum Gasteiger partial charge on any atom is 0.182 e. The second-order valence-electron chi connectivity index (χ2n) is 3.77. The van der Waals surface area contributed by atoms with Gasteiger partial charge in [-0.15, -0.1) is 0 Å². The molecule has 0 aliphatic heterocycles. The average molecular weight is 281 g/mol. The van der Waals surface area contributed by atoms with Crippen LogP contribution in [0.4, 0.5) is 18.9 Å². The summed E-state index contributed by atoms with van der Waals surface area (Å²) in [5.74, 6) is -3.35. The SMILES string of the molecule is CCS(=O)(=O)CCCNc1cc(F)cc(F)c1F. The molecule has 0 saturated heterocycles. The van der Waals surface area contributed by atoms with Crippen LogP contribution >= 0.6 is 0 Å². The quantitative estimate of drug-likeness (QED) is 0.643. The van der Waals surface area contributed by atoms with Gasteiger partial charge in [-0.3, -0.25) is 0 Å². The molecule has 7 heteroatoms. The van der Waals surface area contributed by atoms with E-state index in [1.54, 1.807) is 0 Å². The highest BCUT2D eigenvalue weighted by atomic mass is 32.2. The van der Waals surface area contributed by atoms with E-state index >= 15 is 0 Å². The van der Waals surface area contributed by atoms with Gasteiger partial charge in [0.15, 0.2) is 11.6 Å². The highest BCUT2D eigenvalue weighted by Gasteiger charge is 2.11. The molecule has 0 heterocycles. The number of nitrogens with one attached hydrogen (secondary N) is 1. The molecule has 0 spiro atoms. The fourth-order valence-electron chi connectivity index (χ4n) is 1.34. The molecule has 1 aromatic rings. The lowest BCUT2D eigenvalue weighted by atomic mass is 10.2. The van der Waals surface area contributed by atoms with Gasteiger partial charge in [0.2, 0.25) is 0 Å². The predicted molar refractivity (Wildman–Crippen MR) is 63.8 cm³/mol. The van der Waals surface area contributed by atoms with Crippen LogP contribution in [0.25, 0.3) is 0 Å². The van der Waals surface area contributed by atoms with E-state index in [9.17, 15) is 21.6 Å². The van der Waals surface area contributed by atoms with E-state index in [0.29, 0.717) is 6.07 Å². The van der Waals surface area contributed by atoms with Crippen LogP contribution in [-0.2, 0) is 9.84 Å². The Morgan fingerprint density at radius 3 is 2.50 bits per heavy atom. The zero-order chi connectivity index (χ0) is 13.8. The second-order valence-corrected chi connectivity index (χ2v) is 6.24. The first-order valence-electron chi connectivity index (χ1n) is 5.44. The van der Waals surface area contributed by atoms with Crippen LogP contribution in [0, 0.1) is 17.5 Å². The molecular formula is C11H14F3NO2S. The molecular weight excluding hydrogens is 267 g/mol. The van der Waals surface area contributed by atoms with Crippen molar-refractivity contribution in [3.8, 4) is 0 Å². The molecule has 1 aromatic carbocycles. The van der Waals surface area contributed by atoms with E-state index in [2.05, 4.69) is 5.32 Å². The Morgan fingerprint density at radius 2 is 1.89 bits per heavy atom. The van der Waals surface area contributed by atoms with Crippen LogP contribution < -0.4 is 5.32 Å². The van der Waals surface area contributed by atoms with Crippen molar-refractivity contribution < 1.29 is 21.6 Å². The van der Waals surface area contributed by atoms with Crippen molar-refractivity contribution in [2.24, 2.45) is 0 Å². The van der Waals surface area contributed by atoms with Crippen LogP contribution in [0.5, 0.6) is 0 Å². The maximum absolute atomic E-state index is 13.2. The van der Waals surface area contributed by atoms with Gasteiger partial charge in [0.05, 0.1) is 11.4 Å². The topological polar surface area (TPSA) is 46.2 Å². The summed E-state index contributed by atoms with van der Waals surface area (Å²) in [6, 6.07) is 1.27. The third-order valence-corrected chi connectivity index (χ3v) is 4.17. The second kappa shape index (κ2) is 6.08. The summed E-state index contributed by atoms with van der Waals surface area (Å²) in [6.45, 7) is 1.66. The van der Waals surface area contributed by atoms with Crippen LogP contribution in [0.15, 0.2) is 12.1 Å². The molecule has 0 unspecified atom stereocenters. The predicted octanol–water partition coefficient (Wildman–Crippen LogP) is 2.34. The summed E-state index contributed by atoms with van der Waals surface area (Å²) in [5, 5.41) is 2.47. The van der Waals surface area contributed by atoms with Gasteiger partial charge in [0.1, 0.15) is 15.7 Å². The third-order valence-electron chi connectivity index (χ3n) is 2.38. The van der Waals surface area contributed by atoms with Gasteiger partial charge < -0.3 is 5.32 Å². The molecule has 0 bridgehead atoms. The van der Waals surface area contributed by atoms with Gasteiger partial charge >= 0.3 is 0 Å². The van der Waals surface area contributed by atoms with E-state index < -0.39 is 27.3 Å². The smallest absolute Gasteiger partial charge is 0.182 e. The minimum Gasteiger partial charge on any atom is -0.382 e. The number of hydrogen-bond acceptors (Lipinski definition) is 3. The molecule has 3 nitrogen and oxygen atoms in total. The van der Waals surface area contributed by atoms with Gasteiger partial charge in [-0.25, -0.2) is 21.6 Å². The van der Waals surface area contributed by atoms with Gasteiger partial charge in [0.25, 0.3) is 0 Å². The van der Waals surface area contributed by atoms with E-state index in [1.165, 1.54) is 6.92 Å². The number of anilines is 1.